The number of aromatic nitrogens is 2. The van der Waals surface area contributed by atoms with Crippen molar-refractivity contribution in [3.05, 3.63) is 88.1 Å². The number of likely N-dealkylation sites (N-methyl/N-ethyl adjacent to an activating group) is 1. The number of nitrogens with zero attached hydrogens (tertiary/aromatic N) is 3. The summed E-state index contributed by atoms with van der Waals surface area (Å²) in [6, 6.07) is 15.5. The van der Waals surface area contributed by atoms with E-state index < -0.39 is 6.04 Å². The Balaban J connectivity index is 1.26. The molecule has 2 aliphatic heterocycles. The zero-order chi connectivity index (χ0) is 23.4. The second kappa shape index (κ2) is 8.18. The largest absolute Gasteiger partial charge is 0.396 e. The van der Waals surface area contributed by atoms with E-state index in [0.717, 1.165) is 24.1 Å². The summed E-state index contributed by atoms with van der Waals surface area (Å²) < 4.78 is 1.83. The molecule has 3 aromatic rings. The summed E-state index contributed by atoms with van der Waals surface area (Å²) in [5.74, 6) is -0.259. The van der Waals surface area contributed by atoms with Gasteiger partial charge in [-0.15, -0.1) is 0 Å². The lowest BCUT2D eigenvalue weighted by Gasteiger charge is -2.28. The van der Waals surface area contributed by atoms with Gasteiger partial charge in [-0.05, 0) is 60.8 Å². The Labute approximate surface area is 198 Å². The van der Waals surface area contributed by atoms with E-state index >= 15 is 0 Å². The van der Waals surface area contributed by atoms with E-state index in [2.05, 4.69) is 27.3 Å². The number of fused-ring (bicyclic) bond motifs is 4. The second-order valence-corrected chi connectivity index (χ2v) is 9.77. The lowest BCUT2D eigenvalue weighted by molar-refractivity contribution is -0.127. The highest BCUT2D eigenvalue weighted by Crippen LogP contribution is 2.48. The molecule has 4 heterocycles. The number of hydrogen-bond donors (Lipinski definition) is 2. The van der Waals surface area contributed by atoms with E-state index in [1.807, 2.05) is 48.0 Å². The Morgan fingerprint density at radius 1 is 1.09 bits per heavy atom. The number of hydrogen-bond acceptors (Lipinski definition) is 5. The molecule has 2 aromatic heterocycles. The summed E-state index contributed by atoms with van der Waals surface area (Å²) in [5.41, 5.74) is 4.95. The molecule has 4 atom stereocenters. The van der Waals surface area contributed by atoms with Crippen LogP contribution in [0.3, 0.4) is 0 Å². The number of pyridine rings is 2. The fourth-order valence-corrected chi connectivity index (χ4v) is 6.47. The second-order valence-electron chi connectivity index (χ2n) is 9.77. The first-order chi connectivity index (χ1) is 16.6. The summed E-state index contributed by atoms with van der Waals surface area (Å²) in [6.07, 6.45) is 5.04. The van der Waals surface area contributed by atoms with E-state index in [1.54, 1.807) is 12.4 Å². The van der Waals surface area contributed by atoms with Crippen LogP contribution in [0.5, 0.6) is 0 Å². The zero-order valence-electron chi connectivity index (χ0n) is 19.1. The minimum atomic E-state index is -0.424. The molecule has 0 radical (unpaired) electrons. The van der Waals surface area contributed by atoms with Crippen LogP contribution >= 0.6 is 0 Å². The maximum Gasteiger partial charge on any atom is 0.258 e. The number of carbonyl (C=O) groups is 1. The van der Waals surface area contributed by atoms with Crippen molar-refractivity contribution < 1.29 is 9.90 Å². The number of likely N-dealkylation sites (tertiary alicyclic amines) is 1. The van der Waals surface area contributed by atoms with Gasteiger partial charge in [0, 0.05) is 54.7 Å². The summed E-state index contributed by atoms with van der Waals surface area (Å²) in [4.78, 5) is 32.9. The summed E-state index contributed by atoms with van der Waals surface area (Å²) in [5, 5.41) is 13.6. The van der Waals surface area contributed by atoms with Crippen LogP contribution in [0.25, 0.3) is 11.1 Å². The van der Waals surface area contributed by atoms with Gasteiger partial charge in [-0.2, -0.15) is 0 Å². The third kappa shape index (κ3) is 3.22. The Kier molecular flexibility index (Phi) is 5.12. The van der Waals surface area contributed by atoms with Gasteiger partial charge < -0.3 is 15.0 Å². The van der Waals surface area contributed by atoms with Crippen molar-refractivity contribution in [2.24, 2.45) is 11.8 Å². The third-order valence-electron chi connectivity index (χ3n) is 8.01. The first kappa shape index (κ1) is 21.3. The molecule has 0 saturated carbocycles. The molecular formula is C27H28N4O3. The van der Waals surface area contributed by atoms with Crippen molar-refractivity contribution in [2.45, 2.75) is 37.5 Å². The maximum absolute atomic E-state index is 13.4. The molecule has 174 valence electrons. The van der Waals surface area contributed by atoms with Gasteiger partial charge in [-0.25, -0.2) is 0 Å². The fraction of sp³-hybridized carbons (Fsp3) is 0.370. The number of aliphatic hydroxyl groups excluding tert-OH is 1. The predicted molar refractivity (Wildman–Crippen MR) is 128 cm³/mol. The number of benzene rings is 1. The fourth-order valence-electron chi connectivity index (χ4n) is 6.47. The minimum Gasteiger partial charge on any atom is -0.396 e. The number of aliphatic hydroxyl groups is 1. The molecule has 7 nitrogen and oxygen atoms in total. The van der Waals surface area contributed by atoms with Crippen molar-refractivity contribution in [3.8, 4) is 11.1 Å². The van der Waals surface area contributed by atoms with Crippen LogP contribution in [0.2, 0.25) is 0 Å². The van der Waals surface area contributed by atoms with E-state index in [1.165, 1.54) is 11.1 Å². The van der Waals surface area contributed by atoms with Gasteiger partial charge in [0.2, 0.25) is 5.91 Å². The molecule has 1 aromatic carbocycles. The minimum absolute atomic E-state index is 0.00640. The van der Waals surface area contributed by atoms with E-state index in [4.69, 9.17) is 0 Å². The molecular weight excluding hydrogens is 428 g/mol. The quantitative estimate of drug-likeness (QED) is 0.625. The van der Waals surface area contributed by atoms with Crippen LogP contribution in [0, 0.1) is 11.8 Å². The first-order valence-corrected chi connectivity index (χ1v) is 11.9. The maximum atomic E-state index is 13.4. The van der Waals surface area contributed by atoms with E-state index in [-0.39, 0.29) is 42.0 Å². The van der Waals surface area contributed by atoms with Crippen LogP contribution in [-0.2, 0) is 24.2 Å². The monoisotopic (exact) mass is 456 g/mol. The van der Waals surface area contributed by atoms with Gasteiger partial charge in [0.05, 0.1) is 12.1 Å². The smallest absolute Gasteiger partial charge is 0.258 e. The lowest BCUT2D eigenvalue weighted by atomic mass is 9.88. The van der Waals surface area contributed by atoms with Crippen LogP contribution in [0.15, 0.2) is 65.7 Å². The molecule has 1 saturated heterocycles. The predicted octanol–water partition coefficient (Wildman–Crippen LogP) is 1.79. The van der Waals surface area contributed by atoms with Gasteiger partial charge in [0.1, 0.15) is 0 Å². The number of nitrogens with one attached hydrogen (secondary N) is 1. The Hall–Kier alpha value is -3.29. The molecule has 2 N–H and O–H groups in total. The van der Waals surface area contributed by atoms with Crippen molar-refractivity contribution in [1.29, 1.82) is 0 Å². The van der Waals surface area contributed by atoms with Gasteiger partial charge >= 0.3 is 0 Å². The van der Waals surface area contributed by atoms with Gasteiger partial charge in [0.25, 0.3) is 5.56 Å². The number of rotatable bonds is 4. The molecule has 34 heavy (non-hydrogen) atoms. The Morgan fingerprint density at radius 3 is 2.47 bits per heavy atom. The normalized spacial score (nSPS) is 25.7. The molecule has 0 bridgehead atoms. The number of amides is 1. The third-order valence-corrected chi connectivity index (χ3v) is 8.01. The molecule has 1 amide bonds. The highest BCUT2D eigenvalue weighted by Gasteiger charge is 2.54. The van der Waals surface area contributed by atoms with Crippen molar-refractivity contribution in [3.63, 3.8) is 0 Å². The molecule has 0 spiro atoms. The standard InChI is InChI=1S/C27H28N4O3/c1-30-24-21(14-31-23(24)7-6-20(27(31)34)16-8-10-28-11-9-16)22(15-32)25(30)26(33)29-19-12-17-4-2-3-5-18(17)13-19/h2-11,19,21-22,24-25,32H,12-15H2,1H3,(H,29,33)/t21-,22-,24+,25-/m0/s1. The molecule has 3 aliphatic rings. The molecule has 7 heteroatoms. The highest BCUT2D eigenvalue weighted by molar-refractivity contribution is 5.83. The van der Waals surface area contributed by atoms with Crippen molar-refractivity contribution in [2.75, 3.05) is 13.7 Å². The van der Waals surface area contributed by atoms with Crippen LogP contribution in [-0.4, -0.2) is 51.2 Å². The lowest BCUT2D eigenvalue weighted by Crippen LogP contribution is -2.50. The molecule has 0 unspecified atom stereocenters. The zero-order valence-corrected chi connectivity index (χ0v) is 19.1. The number of carbonyl (C=O) groups excluding carboxylic acids is 1. The highest BCUT2D eigenvalue weighted by atomic mass is 16.3. The van der Waals surface area contributed by atoms with Crippen LogP contribution in [0.4, 0.5) is 0 Å². The average Bonchev–Trinajstić information content (AvgIpc) is 3.51. The summed E-state index contributed by atoms with van der Waals surface area (Å²) >= 11 is 0. The van der Waals surface area contributed by atoms with Gasteiger partial charge in [0.15, 0.2) is 0 Å². The first-order valence-electron chi connectivity index (χ1n) is 11.9. The summed E-state index contributed by atoms with van der Waals surface area (Å²) in [7, 11) is 1.94. The molecule has 1 aliphatic carbocycles. The van der Waals surface area contributed by atoms with Crippen LogP contribution in [0.1, 0.15) is 22.9 Å². The topological polar surface area (TPSA) is 87.5 Å². The van der Waals surface area contributed by atoms with Crippen molar-refractivity contribution in [1.82, 2.24) is 19.8 Å². The van der Waals surface area contributed by atoms with Crippen molar-refractivity contribution >= 4 is 5.91 Å². The van der Waals surface area contributed by atoms with E-state index in [0.29, 0.717) is 12.1 Å². The van der Waals surface area contributed by atoms with Gasteiger partial charge in [-0.1, -0.05) is 24.3 Å². The molecule has 6 rings (SSSR count). The summed E-state index contributed by atoms with van der Waals surface area (Å²) in [6.45, 7) is 0.417. The Morgan fingerprint density at radius 2 is 1.79 bits per heavy atom. The Bertz CT molecular complexity index is 1280. The average molecular weight is 457 g/mol. The van der Waals surface area contributed by atoms with Gasteiger partial charge in [-0.3, -0.25) is 19.5 Å². The molecule has 1 fully saturated rings. The SMILES string of the molecule is CN1[C@H](C(=O)NC2Cc3ccccc3C2)[C@@H](CO)[C@@H]2Cn3c(ccc(-c4ccncc4)c3=O)[C@@H]21. The van der Waals surface area contributed by atoms with Crippen LogP contribution < -0.4 is 10.9 Å². The van der Waals surface area contributed by atoms with E-state index in [9.17, 15) is 14.7 Å².